The van der Waals surface area contributed by atoms with Gasteiger partial charge in [-0.05, 0) is 57.5 Å². The van der Waals surface area contributed by atoms with E-state index >= 15 is 0 Å². The third kappa shape index (κ3) is 4.59. The Morgan fingerprint density at radius 3 is 2.74 bits per heavy atom. The van der Waals surface area contributed by atoms with Crippen molar-refractivity contribution in [2.75, 3.05) is 20.1 Å². The molecule has 0 amide bonds. The fourth-order valence-electron chi connectivity index (χ4n) is 2.47. The average Bonchev–Trinajstić information content (AvgIpc) is 3.24. The van der Waals surface area contributed by atoms with Gasteiger partial charge in [-0.2, -0.15) is 0 Å². The zero-order chi connectivity index (χ0) is 13.7. The molecule has 0 bridgehead atoms. The lowest BCUT2D eigenvalue weighted by molar-refractivity contribution is 0.298. The first kappa shape index (κ1) is 15.0. The van der Waals surface area contributed by atoms with Gasteiger partial charge in [-0.25, -0.2) is 0 Å². The van der Waals surface area contributed by atoms with E-state index in [0.29, 0.717) is 6.04 Å². The molecule has 0 radical (unpaired) electrons. The number of benzene rings is 1. The maximum Gasteiger partial charge on any atom is 0.0343 e. The number of nitrogens with one attached hydrogen (secondary N) is 1. The van der Waals surface area contributed by atoms with Gasteiger partial charge in [0, 0.05) is 16.6 Å². The van der Waals surface area contributed by atoms with Crippen molar-refractivity contribution < 1.29 is 0 Å². The molecule has 1 aliphatic rings. The van der Waals surface area contributed by atoms with Crippen LogP contribution in [0.25, 0.3) is 0 Å². The molecule has 1 atom stereocenters. The molecule has 0 spiro atoms. The van der Waals surface area contributed by atoms with Gasteiger partial charge in [0.2, 0.25) is 0 Å². The van der Waals surface area contributed by atoms with Crippen LogP contribution in [0.15, 0.2) is 28.7 Å². The second kappa shape index (κ2) is 7.41. The van der Waals surface area contributed by atoms with Gasteiger partial charge in [-0.3, -0.25) is 0 Å². The Hall–Kier alpha value is -0.380. The summed E-state index contributed by atoms with van der Waals surface area (Å²) in [5.41, 5.74) is 1.39. The summed E-state index contributed by atoms with van der Waals surface area (Å²) in [6.07, 6.45) is 5.13. The van der Waals surface area contributed by atoms with Crippen molar-refractivity contribution in [3.63, 3.8) is 0 Å². The molecule has 2 nitrogen and oxygen atoms in total. The molecule has 0 aromatic heterocycles. The number of hydrogen-bond donors (Lipinski definition) is 1. The lowest BCUT2D eigenvalue weighted by Gasteiger charge is -2.23. The lowest BCUT2D eigenvalue weighted by atomic mass is 10.0. The standard InChI is InChI=1S/C16H25BrN2/c1-3-11-18-16(10-12-19(2)13-8-9-13)14-6-4-5-7-15(14)17/h4-7,13,16,18H,3,8-12H2,1-2H3. The van der Waals surface area contributed by atoms with Crippen LogP contribution >= 0.6 is 15.9 Å². The predicted molar refractivity (Wildman–Crippen MR) is 85.4 cm³/mol. The van der Waals surface area contributed by atoms with Crippen LogP contribution in [0.3, 0.4) is 0 Å². The van der Waals surface area contributed by atoms with Gasteiger partial charge in [0.15, 0.2) is 0 Å². The van der Waals surface area contributed by atoms with Crippen LogP contribution in [0.1, 0.15) is 44.2 Å². The first-order chi connectivity index (χ1) is 9.22. The number of rotatable bonds is 8. The van der Waals surface area contributed by atoms with E-state index in [-0.39, 0.29) is 0 Å². The molecule has 1 N–H and O–H groups in total. The molecule has 19 heavy (non-hydrogen) atoms. The van der Waals surface area contributed by atoms with Gasteiger partial charge in [0.1, 0.15) is 0 Å². The Morgan fingerprint density at radius 2 is 2.11 bits per heavy atom. The topological polar surface area (TPSA) is 15.3 Å². The fourth-order valence-corrected chi connectivity index (χ4v) is 3.04. The summed E-state index contributed by atoms with van der Waals surface area (Å²) in [4.78, 5) is 2.51. The Kier molecular flexibility index (Phi) is 5.86. The van der Waals surface area contributed by atoms with Crippen LogP contribution in [0.5, 0.6) is 0 Å². The van der Waals surface area contributed by atoms with Crippen molar-refractivity contribution in [2.24, 2.45) is 0 Å². The number of nitrogens with zero attached hydrogens (tertiary/aromatic N) is 1. The van der Waals surface area contributed by atoms with E-state index < -0.39 is 0 Å². The second-order valence-electron chi connectivity index (χ2n) is 5.53. The molecule has 0 saturated heterocycles. The highest BCUT2D eigenvalue weighted by atomic mass is 79.9. The third-order valence-corrected chi connectivity index (χ3v) is 4.58. The molecule has 3 heteroatoms. The SMILES string of the molecule is CCCNC(CCN(C)C1CC1)c1ccccc1Br. The van der Waals surface area contributed by atoms with E-state index in [4.69, 9.17) is 0 Å². The summed E-state index contributed by atoms with van der Waals surface area (Å²) in [5, 5.41) is 3.68. The van der Waals surface area contributed by atoms with Crippen LogP contribution < -0.4 is 5.32 Å². The van der Waals surface area contributed by atoms with Gasteiger partial charge < -0.3 is 10.2 Å². The smallest absolute Gasteiger partial charge is 0.0343 e. The molecule has 1 saturated carbocycles. The Morgan fingerprint density at radius 1 is 1.37 bits per heavy atom. The summed E-state index contributed by atoms with van der Waals surface area (Å²) >= 11 is 3.68. The Labute approximate surface area is 125 Å². The molecule has 106 valence electrons. The molecule has 1 fully saturated rings. The normalized spacial score (nSPS) is 16.8. The fraction of sp³-hybridized carbons (Fsp3) is 0.625. The van der Waals surface area contributed by atoms with Crippen molar-refractivity contribution in [1.82, 2.24) is 10.2 Å². The lowest BCUT2D eigenvalue weighted by Crippen LogP contribution is -2.29. The van der Waals surface area contributed by atoms with Gasteiger partial charge in [-0.1, -0.05) is 41.1 Å². The maximum absolute atomic E-state index is 3.68. The van der Waals surface area contributed by atoms with E-state index in [0.717, 1.165) is 12.6 Å². The van der Waals surface area contributed by atoms with Crippen molar-refractivity contribution in [2.45, 2.75) is 44.7 Å². The van der Waals surface area contributed by atoms with E-state index in [1.807, 2.05) is 0 Å². The minimum atomic E-state index is 0.455. The summed E-state index contributed by atoms with van der Waals surface area (Å²) in [6.45, 7) is 4.48. The molecule has 1 aromatic carbocycles. The third-order valence-electron chi connectivity index (χ3n) is 3.86. The maximum atomic E-state index is 3.68. The zero-order valence-electron chi connectivity index (χ0n) is 12.0. The van der Waals surface area contributed by atoms with E-state index in [1.54, 1.807) is 0 Å². The van der Waals surface area contributed by atoms with Crippen LogP contribution in [0.2, 0.25) is 0 Å². The minimum Gasteiger partial charge on any atom is -0.310 e. The van der Waals surface area contributed by atoms with Crippen molar-refractivity contribution >= 4 is 15.9 Å². The first-order valence-corrected chi connectivity index (χ1v) is 8.19. The number of hydrogen-bond acceptors (Lipinski definition) is 2. The number of halogens is 1. The van der Waals surface area contributed by atoms with Crippen molar-refractivity contribution in [1.29, 1.82) is 0 Å². The second-order valence-corrected chi connectivity index (χ2v) is 6.38. The summed E-state index contributed by atoms with van der Waals surface area (Å²) in [6, 6.07) is 9.89. The highest BCUT2D eigenvalue weighted by Crippen LogP contribution is 2.29. The van der Waals surface area contributed by atoms with Gasteiger partial charge in [0.25, 0.3) is 0 Å². The predicted octanol–water partition coefficient (Wildman–Crippen LogP) is 3.97. The molecular formula is C16H25BrN2. The largest absolute Gasteiger partial charge is 0.310 e. The van der Waals surface area contributed by atoms with E-state index in [1.165, 1.54) is 42.3 Å². The van der Waals surface area contributed by atoms with Crippen molar-refractivity contribution in [3.05, 3.63) is 34.3 Å². The van der Waals surface area contributed by atoms with Gasteiger partial charge in [-0.15, -0.1) is 0 Å². The van der Waals surface area contributed by atoms with Crippen molar-refractivity contribution in [3.8, 4) is 0 Å². The van der Waals surface area contributed by atoms with E-state index in [2.05, 4.69) is 64.4 Å². The van der Waals surface area contributed by atoms with Gasteiger partial charge in [0.05, 0.1) is 0 Å². The summed E-state index contributed by atoms with van der Waals surface area (Å²) in [7, 11) is 2.26. The quantitative estimate of drug-likeness (QED) is 0.778. The van der Waals surface area contributed by atoms with Crippen LogP contribution in [-0.4, -0.2) is 31.1 Å². The molecule has 2 rings (SSSR count). The first-order valence-electron chi connectivity index (χ1n) is 7.40. The molecule has 1 aromatic rings. The van der Waals surface area contributed by atoms with Gasteiger partial charge >= 0.3 is 0 Å². The minimum absolute atomic E-state index is 0.455. The molecule has 1 unspecified atom stereocenters. The monoisotopic (exact) mass is 324 g/mol. The zero-order valence-corrected chi connectivity index (χ0v) is 13.6. The highest BCUT2D eigenvalue weighted by Gasteiger charge is 2.26. The Bertz CT molecular complexity index is 390. The summed E-state index contributed by atoms with van der Waals surface area (Å²) < 4.78 is 1.22. The van der Waals surface area contributed by atoms with Crippen LogP contribution in [-0.2, 0) is 0 Å². The molecular weight excluding hydrogens is 300 g/mol. The molecule has 1 aliphatic carbocycles. The van der Waals surface area contributed by atoms with Crippen LogP contribution in [0, 0.1) is 0 Å². The highest BCUT2D eigenvalue weighted by molar-refractivity contribution is 9.10. The average molecular weight is 325 g/mol. The molecule has 0 heterocycles. The molecule has 0 aliphatic heterocycles. The summed E-state index contributed by atoms with van der Waals surface area (Å²) in [5.74, 6) is 0. The van der Waals surface area contributed by atoms with E-state index in [9.17, 15) is 0 Å². The Balaban J connectivity index is 1.96. The van der Waals surface area contributed by atoms with Crippen LogP contribution in [0.4, 0.5) is 0 Å².